The standard InChI is InChI=1S/C13H22N4O/c1-9(14-2)12-15-16-13(18-12)17-7-10-4-3-5-11(6-10)8-17/h9-11,14H,3-8H2,1-2H3. The summed E-state index contributed by atoms with van der Waals surface area (Å²) in [7, 11) is 1.90. The maximum Gasteiger partial charge on any atom is 0.318 e. The summed E-state index contributed by atoms with van der Waals surface area (Å²) in [6.07, 6.45) is 5.52. The van der Waals surface area contributed by atoms with Gasteiger partial charge in [-0.25, -0.2) is 0 Å². The van der Waals surface area contributed by atoms with Crippen LogP contribution in [0.25, 0.3) is 0 Å². The van der Waals surface area contributed by atoms with Crippen molar-refractivity contribution in [2.24, 2.45) is 11.8 Å². The molecule has 1 aromatic heterocycles. The molecule has 2 bridgehead atoms. The van der Waals surface area contributed by atoms with Gasteiger partial charge in [0, 0.05) is 13.1 Å². The summed E-state index contributed by atoms with van der Waals surface area (Å²) in [6.45, 7) is 4.21. The average Bonchev–Trinajstić information content (AvgIpc) is 2.87. The van der Waals surface area contributed by atoms with Gasteiger partial charge in [-0.15, -0.1) is 5.10 Å². The molecule has 1 aliphatic heterocycles. The van der Waals surface area contributed by atoms with Crippen molar-refractivity contribution >= 4 is 6.01 Å². The first kappa shape index (κ1) is 12.0. The minimum Gasteiger partial charge on any atom is -0.406 e. The quantitative estimate of drug-likeness (QED) is 0.889. The van der Waals surface area contributed by atoms with Gasteiger partial charge in [-0.3, -0.25) is 0 Å². The lowest BCUT2D eigenvalue weighted by Crippen LogP contribution is -2.42. The minimum atomic E-state index is 0.121. The molecule has 3 rings (SSSR count). The van der Waals surface area contributed by atoms with E-state index >= 15 is 0 Å². The zero-order valence-corrected chi connectivity index (χ0v) is 11.2. The Morgan fingerprint density at radius 3 is 2.67 bits per heavy atom. The third-order valence-corrected chi connectivity index (χ3v) is 4.35. The van der Waals surface area contributed by atoms with Crippen molar-refractivity contribution in [3.05, 3.63) is 5.89 Å². The summed E-state index contributed by atoms with van der Waals surface area (Å²) < 4.78 is 5.78. The van der Waals surface area contributed by atoms with E-state index in [9.17, 15) is 0 Å². The highest BCUT2D eigenvalue weighted by Crippen LogP contribution is 2.36. The van der Waals surface area contributed by atoms with Crippen LogP contribution in [0.1, 0.15) is 44.5 Å². The molecule has 2 fully saturated rings. The van der Waals surface area contributed by atoms with Gasteiger partial charge in [0.05, 0.1) is 6.04 Å². The summed E-state index contributed by atoms with van der Waals surface area (Å²) in [4.78, 5) is 2.29. The Kier molecular flexibility index (Phi) is 3.24. The van der Waals surface area contributed by atoms with Crippen LogP contribution >= 0.6 is 0 Å². The Labute approximate surface area is 108 Å². The van der Waals surface area contributed by atoms with Crippen molar-refractivity contribution in [2.75, 3.05) is 25.0 Å². The van der Waals surface area contributed by atoms with Crippen LogP contribution in [0.5, 0.6) is 0 Å². The summed E-state index contributed by atoms with van der Waals surface area (Å²) in [6, 6.07) is 0.833. The summed E-state index contributed by atoms with van der Waals surface area (Å²) >= 11 is 0. The van der Waals surface area contributed by atoms with Crippen molar-refractivity contribution in [3.8, 4) is 0 Å². The first-order valence-corrected chi connectivity index (χ1v) is 7.02. The van der Waals surface area contributed by atoms with E-state index in [1.54, 1.807) is 0 Å². The van der Waals surface area contributed by atoms with Crippen LogP contribution in [0.4, 0.5) is 6.01 Å². The zero-order valence-electron chi connectivity index (χ0n) is 11.2. The molecular formula is C13H22N4O. The first-order valence-electron chi connectivity index (χ1n) is 7.02. The highest BCUT2D eigenvalue weighted by atomic mass is 16.4. The van der Waals surface area contributed by atoms with Crippen molar-refractivity contribution in [1.82, 2.24) is 15.5 Å². The maximum absolute atomic E-state index is 5.78. The van der Waals surface area contributed by atoms with E-state index in [-0.39, 0.29) is 6.04 Å². The number of piperidine rings is 1. The zero-order chi connectivity index (χ0) is 12.5. The van der Waals surface area contributed by atoms with Crippen molar-refractivity contribution < 1.29 is 4.42 Å². The Bertz CT molecular complexity index is 393. The number of fused-ring (bicyclic) bond motifs is 2. The summed E-state index contributed by atoms with van der Waals surface area (Å²) in [5.41, 5.74) is 0. The molecule has 0 amide bonds. The fraction of sp³-hybridized carbons (Fsp3) is 0.846. The molecule has 0 aromatic carbocycles. The topological polar surface area (TPSA) is 54.2 Å². The lowest BCUT2D eigenvalue weighted by atomic mass is 9.78. The first-order chi connectivity index (χ1) is 8.76. The molecule has 100 valence electrons. The van der Waals surface area contributed by atoms with Crippen molar-refractivity contribution in [1.29, 1.82) is 0 Å². The van der Waals surface area contributed by atoms with E-state index in [4.69, 9.17) is 4.42 Å². The predicted octanol–water partition coefficient (Wildman–Crippen LogP) is 1.98. The second-order valence-electron chi connectivity index (χ2n) is 5.74. The Balaban J connectivity index is 1.72. The Morgan fingerprint density at radius 1 is 1.28 bits per heavy atom. The van der Waals surface area contributed by atoms with Crippen molar-refractivity contribution in [2.45, 2.75) is 38.6 Å². The number of nitrogens with zero attached hydrogens (tertiary/aromatic N) is 3. The van der Waals surface area contributed by atoms with Gasteiger partial charge in [-0.05, 0) is 45.1 Å². The van der Waals surface area contributed by atoms with E-state index < -0.39 is 0 Å². The lowest BCUT2D eigenvalue weighted by Gasteiger charge is -2.40. The van der Waals surface area contributed by atoms with E-state index in [1.807, 2.05) is 14.0 Å². The second kappa shape index (κ2) is 4.88. The molecule has 1 aromatic rings. The van der Waals surface area contributed by atoms with E-state index in [2.05, 4.69) is 20.4 Å². The number of anilines is 1. The normalized spacial score (nSPS) is 29.3. The molecule has 0 radical (unpaired) electrons. The van der Waals surface area contributed by atoms with Gasteiger partial charge in [0.25, 0.3) is 0 Å². The fourth-order valence-corrected chi connectivity index (χ4v) is 3.24. The minimum absolute atomic E-state index is 0.121. The number of hydrogen-bond acceptors (Lipinski definition) is 5. The van der Waals surface area contributed by atoms with Crippen LogP contribution in [-0.4, -0.2) is 30.3 Å². The number of nitrogens with one attached hydrogen (secondary N) is 1. The van der Waals surface area contributed by atoms with Gasteiger partial charge < -0.3 is 14.6 Å². The van der Waals surface area contributed by atoms with Gasteiger partial charge in [0.2, 0.25) is 5.89 Å². The highest BCUT2D eigenvalue weighted by Gasteiger charge is 2.32. The number of hydrogen-bond donors (Lipinski definition) is 1. The largest absolute Gasteiger partial charge is 0.406 e. The summed E-state index contributed by atoms with van der Waals surface area (Å²) in [5, 5.41) is 11.5. The van der Waals surface area contributed by atoms with E-state index in [1.165, 1.54) is 25.7 Å². The van der Waals surface area contributed by atoms with Crippen LogP contribution < -0.4 is 10.2 Å². The van der Waals surface area contributed by atoms with Crippen LogP contribution in [0, 0.1) is 11.8 Å². The molecule has 0 spiro atoms. The lowest BCUT2D eigenvalue weighted by molar-refractivity contribution is 0.224. The molecule has 1 saturated carbocycles. The smallest absolute Gasteiger partial charge is 0.318 e. The Morgan fingerprint density at radius 2 is 2.00 bits per heavy atom. The molecule has 1 aliphatic carbocycles. The molecule has 2 aliphatic rings. The van der Waals surface area contributed by atoms with Gasteiger partial charge >= 0.3 is 6.01 Å². The third-order valence-electron chi connectivity index (χ3n) is 4.35. The van der Waals surface area contributed by atoms with Gasteiger partial charge in [-0.2, -0.15) is 0 Å². The SMILES string of the molecule is CNC(C)c1nnc(N2CC3CCCC(C3)C2)o1. The third kappa shape index (κ3) is 2.23. The molecular weight excluding hydrogens is 228 g/mol. The number of rotatable bonds is 3. The van der Waals surface area contributed by atoms with Crippen LogP contribution in [-0.2, 0) is 0 Å². The molecule has 18 heavy (non-hydrogen) atoms. The van der Waals surface area contributed by atoms with Crippen LogP contribution in [0.3, 0.4) is 0 Å². The van der Waals surface area contributed by atoms with E-state index in [0.717, 1.165) is 24.9 Å². The highest BCUT2D eigenvalue weighted by molar-refractivity contribution is 5.26. The maximum atomic E-state index is 5.78. The molecule has 3 unspecified atom stereocenters. The molecule has 5 nitrogen and oxygen atoms in total. The Hall–Kier alpha value is -1.10. The second-order valence-corrected chi connectivity index (χ2v) is 5.74. The molecule has 1 saturated heterocycles. The van der Waals surface area contributed by atoms with Crippen LogP contribution in [0.15, 0.2) is 4.42 Å². The van der Waals surface area contributed by atoms with Crippen molar-refractivity contribution in [3.63, 3.8) is 0 Å². The summed E-state index contributed by atoms with van der Waals surface area (Å²) in [5.74, 6) is 2.34. The number of aromatic nitrogens is 2. The molecule has 1 N–H and O–H groups in total. The van der Waals surface area contributed by atoms with Crippen LogP contribution in [0.2, 0.25) is 0 Å². The monoisotopic (exact) mass is 250 g/mol. The van der Waals surface area contributed by atoms with Gasteiger partial charge in [-0.1, -0.05) is 11.5 Å². The predicted molar refractivity (Wildman–Crippen MR) is 69.4 cm³/mol. The van der Waals surface area contributed by atoms with Gasteiger partial charge in [0.1, 0.15) is 0 Å². The molecule has 2 heterocycles. The molecule has 3 atom stereocenters. The van der Waals surface area contributed by atoms with Gasteiger partial charge in [0.15, 0.2) is 0 Å². The molecule has 5 heteroatoms. The van der Waals surface area contributed by atoms with E-state index in [0.29, 0.717) is 11.9 Å². The fourth-order valence-electron chi connectivity index (χ4n) is 3.24. The average molecular weight is 250 g/mol.